The van der Waals surface area contributed by atoms with Crippen molar-refractivity contribution in [3.05, 3.63) is 46.2 Å². The molecule has 1 amide bonds. The second-order valence-corrected chi connectivity index (χ2v) is 7.40. The second-order valence-electron chi connectivity index (χ2n) is 6.28. The molecule has 1 fully saturated rings. The molecule has 0 spiro atoms. The van der Waals surface area contributed by atoms with E-state index in [4.69, 9.17) is 0 Å². The molecule has 1 aliphatic heterocycles. The molecule has 2 aromatic heterocycles. The number of aromatic nitrogens is 2. The van der Waals surface area contributed by atoms with Crippen LogP contribution in [-0.4, -0.2) is 28.0 Å². The average Bonchev–Trinajstić information content (AvgIpc) is 3.36. The summed E-state index contributed by atoms with van der Waals surface area (Å²) >= 11 is 0.803. The summed E-state index contributed by atoms with van der Waals surface area (Å²) in [6.45, 7) is 1.69. The zero-order chi connectivity index (χ0) is 18.1. The van der Waals surface area contributed by atoms with E-state index >= 15 is 0 Å². The molecule has 0 saturated carbocycles. The van der Waals surface area contributed by atoms with Crippen molar-refractivity contribution in [2.24, 2.45) is 0 Å². The Morgan fingerprint density at radius 2 is 2.19 bits per heavy atom. The maximum Gasteiger partial charge on any atom is 0.272 e. The topological polar surface area (TPSA) is 59.0 Å². The molecular formula is C18H18F2N4OS. The number of rotatable bonds is 5. The maximum absolute atomic E-state index is 12.8. The Labute approximate surface area is 153 Å². The van der Waals surface area contributed by atoms with E-state index in [1.54, 1.807) is 0 Å². The van der Waals surface area contributed by atoms with Gasteiger partial charge in [0.05, 0.1) is 20.8 Å². The number of nitrogens with zero attached hydrogens (tertiary/aromatic N) is 2. The lowest BCUT2D eigenvalue weighted by Gasteiger charge is -2.15. The number of thiophene rings is 1. The van der Waals surface area contributed by atoms with Crippen LogP contribution in [0.2, 0.25) is 0 Å². The number of alkyl halides is 2. The van der Waals surface area contributed by atoms with E-state index in [2.05, 4.69) is 15.6 Å². The minimum absolute atomic E-state index is 0.112. The zero-order valence-corrected chi connectivity index (χ0v) is 14.7. The number of carbonyl (C=O) groups excluding carboxylic acids is 1. The normalized spacial score (nSPS) is 17.3. The van der Waals surface area contributed by atoms with E-state index < -0.39 is 12.3 Å². The van der Waals surface area contributed by atoms with E-state index in [0.717, 1.165) is 41.8 Å². The van der Waals surface area contributed by atoms with Crippen molar-refractivity contribution in [1.29, 1.82) is 0 Å². The third kappa shape index (κ3) is 3.34. The average molecular weight is 376 g/mol. The number of fused-ring (bicyclic) bond motifs is 1. The molecule has 5 nitrogen and oxygen atoms in total. The summed E-state index contributed by atoms with van der Waals surface area (Å²) in [6.07, 6.45) is -0.368. The van der Waals surface area contributed by atoms with Crippen LogP contribution in [0.5, 0.6) is 0 Å². The molecule has 26 heavy (non-hydrogen) atoms. The van der Waals surface area contributed by atoms with Crippen LogP contribution < -0.4 is 10.6 Å². The summed E-state index contributed by atoms with van der Waals surface area (Å²) in [4.78, 5) is 17.2. The fourth-order valence-corrected chi connectivity index (χ4v) is 4.00. The summed E-state index contributed by atoms with van der Waals surface area (Å²) in [5.41, 5.74) is 1.73. The largest absolute Gasteiger partial charge is 0.312 e. The van der Waals surface area contributed by atoms with Crippen molar-refractivity contribution in [2.45, 2.75) is 31.9 Å². The Balaban J connectivity index is 1.63. The lowest BCUT2D eigenvalue weighted by atomic mass is 10.2. The van der Waals surface area contributed by atoms with Gasteiger partial charge >= 0.3 is 0 Å². The predicted molar refractivity (Wildman–Crippen MR) is 98.0 cm³/mol. The molecule has 1 saturated heterocycles. The standard InChI is InChI=1S/C18H18F2N4OS/c19-16(20)14-7-8-15(26-14)17(25)23-18-22-12-5-1-2-6-13(12)24(18)10-11-4-3-9-21-11/h1-2,5-8,11,16,21H,3-4,9-10H2,(H,22,23,25)/t11-/m1/s1. The Bertz CT molecular complexity index is 930. The molecule has 0 aliphatic carbocycles. The smallest absolute Gasteiger partial charge is 0.272 e. The van der Waals surface area contributed by atoms with Gasteiger partial charge < -0.3 is 9.88 Å². The minimum atomic E-state index is -2.57. The number of anilines is 1. The Morgan fingerprint density at radius 1 is 1.35 bits per heavy atom. The van der Waals surface area contributed by atoms with Crippen molar-refractivity contribution >= 4 is 34.2 Å². The highest BCUT2D eigenvalue weighted by Gasteiger charge is 2.21. The molecule has 2 N–H and O–H groups in total. The van der Waals surface area contributed by atoms with E-state index in [0.29, 0.717) is 18.5 Å². The third-order valence-electron chi connectivity index (χ3n) is 4.51. The molecule has 0 radical (unpaired) electrons. The minimum Gasteiger partial charge on any atom is -0.312 e. The molecule has 4 rings (SSSR count). The van der Waals surface area contributed by atoms with Gasteiger partial charge in [0, 0.05) is 12.6 Å². The van der Waals surface area contributed by atoms with E-state index in [9.17, 15) is 13.6 Å². The van der Waals surface area contributed by atoms with Crippen LogP contribution in [0.15, 0.2) is 36.4 Å². The van der Waals surface area contributed by atoms with Gasteiger partial charge in [-0.15, -0.1) is 11.3 Å². The van der Waals surface area contributed by atoms with Crippen molar-refractivity contribution in [3.63, 3.8) is 0 Å². The first-order valence-electron chi connectivity index (χ1n) is 8.49. The molecule has 8 heteroatoms. The van der Waals surface area contributed by atoms with Crippen LogP contribution in [0.1, 0.15) is 33.8 Å². The van der Waals surface area contributed by atoms with E-state index in [-0.39, 0.29) is 9.75 Å². The summed E-state index contributed by atoms with van der Waals surface area (Å²) in [6, 6.07) is 10.7. The van der Waals surface area contributed by atoms with Crippen molar-refractivity contribution < 1.29 is 13.6 Å². The zero-order valence-electron chi connectivity index (χ0n) is 13.9. The molecule has 1 atom stereocenters. The number of para-hydroxylation sites is 2. The number of carbonyl (C=O) groups is 1. The quantitative estimate of drug-likeness (QED) is 0.707. The summed E-state index contributed by atoms with van der Waals surface area (Å²) in [5.74, 6) is 0.0229. The van der Waals surface area contributed by atoms with Gasteiger partial charge in [-0.05, 0) is 43.7 Å². The third-order valence-corrected chi connectivity index (χ3v) is 5.60. The lowest BCUT2D eigenvalue weighted by molar-refractivity contribution is 0.102. The van der Waals surface area contributed by atoms with Gasteiger partial charge in [-0.25, -0.2) is 13.8 Å². The van der Waals surface area contributed by atoms with Crippen molar-refractivity contribution in [3.8, 4) is 0 Å². The molecule has 0 unspecified atom stereocenters. The number of hydrogen-bond donors (Lipinski definition) is 2. The molecule has 136 valence electrons. The van der Waals surface area contributed by atoms with Crippen LogP contribution in [-0.2, 0) is 6.54 Å². The van der Waals surface area contributed by atoms with Gasteiger partial charge in [0.2, 0.25) is 5.95 Å². The SMILES string of the molecule is O=C(Nc1nc2ccccc2n1C[C@H]1CCCN1)c1ccc(C(F)F)s1. The number of nitrogens with one attached hydrogen (secondary N) is 2. The van der Waals surface area contributed by atoms with Crippen molar-refractivity contribution in [2.75, 3.05) is 11.9 Å². The molecule has 3 aromatic rings. The van der Waals surface area contributed by atoms with Gasteiger partial charge in [0.15, 0.2) is 0 Å². The first kappa shape index (κ1) is 17.1. The second kappa shape index (κ2) is 7.13. The summed E-state index contributed by atoms with van der Waals surface area (Å²) < 4.78 is 27.5. The lowest BCUT2D eigenvalue weighted by Crippen LogP contribution is -2.28. The van der Waals surface area contributed by atoms with Gasteiger partial charge in [-0.3, -0.25) is 10.1 Å². The summed E-state index contributed by atoms with van der Waals surface area (Å²) in [5, 5.41) is 6.24. The highest BCUT2D eigenvalue weighted by atomic mass is 32.1. The fraction of sp³-hybridized carbons (Fsp3) is 0.333. The van der Waals surface area contributed by atoms with Crippen molar-refractivity contribution in [1.82, 2.24) is 14.9 Å². The molecule has 1 aromatic carbocycles. The maximum atomic E-state index is 12.8. The van der Waals surface area contributed by atoms with Gasteiger partial charge in [-0.2, -0.15) is 0 Å². The number of hydrogen-bond acceptors (Lipinski definition) is 4. The molecule has 1 aliphatic rings. The summed E-state index contributed by atoms with van der Waals surface area (Å²) in [7, 11) is 0. The van der Waals surface area contributed by atoms with Gasteiger partial charge in [0.1, 0.15) is 0 Å². The Kier molecular flexibility index (Phi) is 4.69. The number of amides is 1. The molecule has 0 bridgehead atoms. The fourth-order valence-electron chi connectivity index (χ4n) is 3.24. The van der Waals surface area contributed by atoms with Gasteiger partial charge in [-0.1, -0.05) is 12.1 Å². The van der Waals surface area contributed by atoms with E-state index in [1.807, 2.05) is 28.8 Å². The van der Waals surface area contributed by atoms with Crippen LogP contribution in [0.3, 0.4) is 0 Å². The first-order chi connectivity index (χ1) is 12.6. The number of benzene rings is 1. The monoisotopic (exact) mass is 376 g/mol. The number of imidazole rings is 1. The van der Waals surface area contributed by atoms with Crippen LogP contribution >= 0.6 is 11.3 Å². The van der Waals surface area contributed by atoms with E-state index in [1.165, 1.54) is 12.1 Å². The number of halogens is 2. The highest BCUT2D eigenvalue weighted by Crippen LogP contribution is 2.28. The Hall–Kier alpha value is -2.32. The van der Waals surface area contributed by atoms with Gasteiger partial charge in [0.25, 0.3) is 12.3 Å². The first-order valence-corrected chi connectivity index (χ1v) is 9.31. The molecular weight excluding hydrogens is 358 g/mol. The Morgan fingerprint density at radius 3 is 2.92 bits per heavy atom. The van der Waals surface area contributed by atoms with Crippen LogP contribution in [0.4, 0.5) is 14.7 Å². The highest BCUT2D eigenvalue weighted by molar-refractivity contribution is 7.14. The predicted octanol–water partition coefficient (Wildman–Crippen LogP) is 4.04. The molecule has 3 heterocycles. The van der Waals surface area contributed by atoms with Crippen LogP contribution in [0, 0.1) is 0 Å². The van der Waals surface area contributed by atoms with Crippen LogP contribution in [0.25, 0.3) is 11.0 Å².